The van der Waals surface area contributed by atoms with Crippen LogP contribution in [0.5, 0.6) is 0 Å². The molecule has 2 aromatic rings. The van der Waals surface area contributed by atoms with Gasteiger partial charge in [-0.3, -0.25) is 0 Å². The molecule has 102 valence electrons. The highest BCUT2D eigenvalue weighted by molar-refractivity contribution is 9.10. The molecule has 0 aliphatic rings. The standard InChI is InChI=1S/C14H14BrClO3/c1-7-9-5-8(16)6-10(15)12(9)18-11(7)13(17)19-14(2,3)4/h5-6H,1-4H3. The van der Waals surface area contributed by atoms with Gasteiger partial charge < -0.3 is 9.15 Å². The number of carbonyl (C=O) groups is 1. The summed E-state index contributed by atoms with van der Waals surface area (Å²) >= 11 is 9.38. The van der Waals surface area contributed by atoms with Gasteiger partial charge in [-0.2, -0.15) is 0 Å². The SMILES string of the molecule is Cc1c(C(=O)OC(C)(C)C)oc2c(Br)cc(Cl)cc12. The lowest BCUT2D eigenvalue weighted by molar-refractivity contribution is 0.00371. The van der Waals surface area contributed by atoms with E-state index in [1.165, 1.54) is 0 Å². The molecule has 0 aliphatic heterocycles. The first-order valence-corrected chi connectivity index (χ1v) is 6.97. The van der Waals surface area contributed by atoms with Crippen molar-refractivity contribution in [1.29, 1.82) is 0 Å². The van der Waals surface area contributed by atoms with Crippen molar-refractivity contribution in [2.75, 3.05) is 0 Å². The van der Waals surface area contributed by atoms with Crippen molar-refractivity contribution in [3.05, 3.63) is 33.0 Å². The van der Waals surface area contributed by atoms with Gasteiger partial charge in [0.05, 0.1) is 4.47 Å². The van der Waals surface area contributed by atoms with Gasteiger partial charge in [-0.1, -0.05) is 11.6 Å². The highest BCUT2D eigenvalue weighted by Gasteiger charge is 2.25. The summed E-state index contributed by atoms with van der Waals surface area (Å²) in [7, 11) is 0. The van der Waals surface area contributed by atoms with Crippen molar-refractivity contribution in [2.24, 2.45) is 0 Å². The Morgan fingerprint density at radius 1 is 1.37 bits per heavy atom. The third-order valence-corrected chi connectivity index (χ3v) is 3.35. The van der Waals surface area contributed by atoms with Gasteiger partial charge in [0.2, 0.25) is 5.76 Å². The molecule has 5 heteroatoms. The fourth-order valence-electron chi connectivity index (χ4n) is 1.76. The van der Waals surface area contributed by atoms with Gasteiger partial charge in [-0.25, -0.2) is 4.79 Å². The first-order chi connectivity index (χ1) is 8.69. The number of benzene rings is 1. The van der Waals surface area contributed by atoms with Crippen LogP contribution in [0.25, 0.3) is 11.0 Å². The molecule has 0 N–H and O–H groups in total. The van der Waals surface area contributed by atoms with Crippen molar-refractivity contribution in [3.8, 4) is 0 Å². The molecule has 0 amide bonds. The molecule has 0 fully saturated rings. The fourth-order valence-corrected chi connectivity index (χ4v) is 2.65. The van der Waals surface area contributed by atoms with Gasteiger partial charge in [0.25, 0.3) is 0 Å². The monoisotopic (exact) mass is 344 g/mol. The van der Waals surface area contributed by atoms with Crippen molar-refractivity contribution >= 4 is 44.5 Å². The predicted molar refractivity (Wildman–Crippen MR) is 78.8 cm³/mol. The summed E-state index contributed by atoms with van der Waals surface area (Å²) in [4.78, 5) is 12.1. The van der Waals surface area contributed by atoms with Gasteiger partial charge in [-0.05, 0) is 55.8 Å². The zero-order valence-electron chi connectivity index (χ0n) is 11.1. The predicted octanol–water partition coefficient (Wildman–Crippen LogP) is 5.11. The van der Waals surface area contributed by atoms with Crippen molar-refractivity contribution in [2.45, 2.75) is 33.3 Å². The summed E-state index contributed by atoms with van der Waals surface area (Å²) in [6.07, 6.45) is 0. The summed E-state index contributed by atoms with van der Waals surface area (Å²) in [6, 6.07) is 3.50. The van der Waals surface area contributed by atoms with Crippen LogP contribution in [0.2, 0.25) is 5.02 Å². The van der Waals surface area contributed by atoms with Gasteiger partial charge in [0.15, 0.2) is 0 Å². The Morgan fingerprint density at radius 2 is 2.00 bits per heavy atom. The number of rotatable bonds is 1. The highest BCUT2D eigenvalue weighted by atomic mass is 79.9. The molecular formula is C14H14BrClO3. The normalized spacial score (nSPS) is 11.9. The molecule has 0 spiro atoms. The summed E-state index contributed by atoms with van der Waals surface area (Å²) in [5.41, 5.74) is 0.771. The van der Waals surface area contributed by atoms with Crippen LogP contribution in [0, 0.1) is 6.92 Å². The zero-order valence-corrected chi connectivity index (χ0v) is 13.5. The molecule has 19 heavy (non-hydrogen) atoms. The molecule has 1 aromatic carbocycles. The van der Waals surface area contributed by atoms with Crippen molar-refractivity contribution in [3.63, 3.8) is 0 Å². The lowest BCUT2D eigenvalue weighted by atomic mass is 10.1. The number of esters is 1. The fraction of sp³-hybridized carbons (Fsp3) is 0.357. The van der Waals surface area contributed by atoms with E-state index >= 15 is 0 Å². The molecule has 1 aromatic heterocycles. The number of carbonyl (C=O) groups excluding carboxylic acids is 1. The van der Waals surface area contributed by atoms with E-state index in [4.69, 9.17) is 20.8 Å². The smallest absolute Gasteiger partial charge is 0.375 e. The maximum Gasteiger partial charge on any atom is 0.375 e. The highest BCUT2D eigenvalue weighted by Crippen LogP contribution is 2.34. The van der Waals surface area contributed by atoms with E-state index in [1.807, 2.05) is 27.7 Å². The van der Waals surface area contributed by atoms with E-state index in [0.29, 0.717) is 15.1 Å². The maximum atomic E-state index is 12.1. The Balaban J connectivity index is 2.54. The molecule has 3 nitrogen and oxygen atoms in total. The van der Waals surface area contributed by atoms with Gasteiger partial charge >= 0.3 is 5.97 Å². The minimum atomic E-state index is -0.558. The van der Waals surface area contributed by atoms with Crippen molar-refractivity contribution < 1.29 is 13.9 Å². The summed E-state index contributed by atoms with van der Waals surface area (Å²) in [6.45, 7) is 7.26. The Hall–Kier alpha value is -1.00. The number of fused-ring (bicyclic) bond motifs is 1. The molecule has 0 saturated carbocycles. The first kappa shape index (κ1) is 14.4. The molecule has 0 unspecified atom stereocenters. The second-order valence-electron chi connectivity index (χ2n) is 5.32. The van der Waals surface area contributed by atoms with Crippen LogP contribution in [-0.2, 0) is 4.74 Å². The molecule has 0 radical (unpaired) electrons. The largest absolute Gasteiger partial charge is 0.454 e. The van der Waals surface area contributed by atoms with E-state index in [9.17, 15) is 4.79 Å². The Morgan fingerprint density at radius 3 is 2.58 bits per heavy atom. The topological polar surface area (TPSA) is 39.4 Å². The van der Waals surface area contributed by atoms with E-state index < -0.39 is 11.6 Å². The average Bonchev–Trinajstić information content (AvgIpc) is 2.54. The van der Waals surface area contributed by atoms with Crippen LogP contribution in [0.4, 0.5) is 0 Å². The summed E-state index contributed by atoms with van der Waals surface area (Å²) in [5.74, 6) is -0.253. The minimum absolute atomic E-state index is 0.216. The molecular weight excluding hydrogens is 332 g/mol. The maximum absolute atomic E-state index is 12.1. The molecule has 1 heterocycles. The second kappa shape index (κ2) is 4.84. The number of ether oxygens (including phenoxy) is 1. The van der Waals surface area contributed by atoms with Gasteiger partial charge in [0.1, 0.15) is 11.2 Å². The zero-order chi connectivity index (χ0) is 14.4. The number of aryl methyl sites for hydroxylation is 1. The third kappa shape index (κ3) is 2.95. The third-order valence-electron chi connectivity index (χ3n) is 2.54. The minimum Gasteiger partial charge on any atom is -0.454 e. The Kier molecular flexibility index (Phi) is 3.67. The van der Waals surface area contributed by atoms with E-state index in [-0.39, 0.29) is 5.76 Å². The van der Waals surface area contributed by atoms with Gasteiger partial charge in [-0.15, -0.1) is 0 Å². The Bertz CT molecular complexity index is 653. The number of hydrogen-bond acceptors (Lipinski definition) is 3. The number of furan rings is 1. The Labute approximate surface area is 125 Å². The van der Waals surface area contributed by atoms with Crippen LogP contribution >= 0.6 is 27.5 Å². The van der Waals surface area contributed by atoms with Crippen molar-refractivity contribution in [1.82, 2.24) is 0 Å². The van der Waals surface area contributed by atoms with E-state index in [1.54, 1.807) is 12.1 Å². The van der Waals surface area contributed by atoms with Crippen LogP contribution in [0.1, 0.15) is 36.9 Å². The first-order valence-electron chi connectivity index (χ1n) is 5.80. The van der Waals surface area contributed by atoms with Gasteiger partial charge in [0, 0.05) is 16.0 Å². The lowest BCUT2D eigenvalue weighted by Gasteiger charge is -2.18. The van der Waals surface area contributed by atoms with Crippen LogP contribution < -0.4 is 0 Å². The number of hydrogen-bond donors (Lipinski definition) is 0. The van der Waals surface area contributed by atoms with Crippen LogP contribution in [0.15, 0.2) is 21.0 Å². The van der Waals surface area contributed by atoms with E-state index in [2.05, 4.69) is 15.9 Å². The molecule has 0 atom stereocenters. The second-order valence-corrected chi connectivity index (χ2v) is 6.61. The van der Waals surface area contributed by atoms with Crippen LogP contribution in [-0.4, -0.2) is 11.6 Å². The number of halogens is 2. The molecule has 2 rings (SSSR count). The molecule has 0 saturated heterocycles. The summed E-state index contributed by atoms with van der Waals surface area (Å²) in [5, 5.41) is 1.39. The molecule has 0 bridgehead atoms. The lowest BCUT2D eigenvalue weighted by Crippen LogP contribution is -2.23. The van der Waals surface area contributed by atoms with Crippen LogP contribution in [0.3, 0.4) is 0 Å². The molecule has 0 aliphatic carbocycles. The summed E-state index contributed by atoms with van der Waals surface area (Å²) < 4.78 is 11.7. The van der Waals surface area contributed by atoms with E-state index in [0.717, 1.165) is 10.9 Å². The quantitative estimate of drug-likeness (QED) is 0.674. The average molecular weight is 346 g/mol.